The molecule has 20 heavy (non-hydrogen) atoms. The van der Waals surface area contributed by atoms with Crippen LogP contribution in [0.5, 0.6) is 0 Å². The Bertz CT molecular complexity index is 649. The van der Waals surface area contributed by atoms with E-state index in [1.165, 1.54) is 6.07 Å². The van der Waals surface area contributed by atoms with Gasteiger partial charge in [-0.2, -0.15) is 0 Å². The first kappa shape index (κ1) is 15.7. The van der Waals surface area contributed by atoms with Crippen molar-refractivity contribution in [3.63, 3.8) is 0 Å². The van der Waals surface area contributed by atoms with E-state index in [2.05, 4.69) is 0 Å². The fourth-order valence-corrected chi connectivity index (χ4v) is 4.19. The van der Waals surface area contributed by atoms with E-state index in [-0.39, 0.29) is 29.2 Å². The molecule has 0 aliphatic carbocycles. The topological polar surface area (TPSA) is 63.7 Å². The number of carbonyl (C=O) groups is 1. The van der Waals surface area contributed by atoms with Crippen molar-refractivity contribution in [1.29, 1.82) is 0 Å². The summed E-state index contributed by atoms with van der Waals surface area (Å²) < 4.78 is 31.9. The molecule has 110 valence electrons. The molecule has 1 aromatic rings. The lowest BCUT2D eigenvalue weighted by Gasteiger charge is -2.22. The number of nitrogens with zero attached hydrogens (tertiary/aromatic N) is 1. The Morgan fingerprint density at radius 3 is 2.55 bits per heavy atom. The molecule has 0 aromatic heterocycles. The Morgan fingerprint density at radius 2 is 1.95 bits per heavy atom. The minimum atomic E-state index is -3.74. The summed E-state index contributed by atoms with van der Waals surface area (Å²) in [6.07, 6.45) is 0. The highest BCUT2D eigenvalue weighted by Crippen LogP contribution is 2.31. The van der Waals surface area contributed by atoms with Crippen molar-refractivity contribution in [2.75, 3.05) is 13.2 Å². The van der Waals surface area contributed by atoms with Crippen molar-refractivity contribution >= 4 is 38.5 Å². The monoisotopic (exact) mass is 409 g/mol. The van der Waals surface area contributed by atoms with Crippen LogP contribution < -0.4 is 0 Å². The second kappa shape index (κ2) is 5.27. The normalized spacial score (nSPS) is 17.4. The lowest BCUT2D eigenvalue weighted by molar-refractivity contribution is -0.00584. The molecule has 1 aliphatic rings. The minimum absolute atomic E-state index is 0.0314. The number of amides is 1. The zero-order valence-electron chi connectivity index (χ0n) is 11.5. The summed E-state index contributed by atoms with van der Waals surface area (Å²) in [4.78, 5) is 12.3. The molecule has 0 spiro atoms. The summed E-state index contributed by atoms with van der Waals surface area (Å²) >= 11 is 2.02. The summed E-state index contributed by atoms with van der Waals surface area (Å²) in [7, 11) is -3.74. The van der Waals surface area contributed by atoms with Gasteiger partial charge in [0.15, 0.2) is 0 Å². The second-order valence-corrected chi connectivity index (χ2v) is 8.56. The van der Waals surface area contributed by atoms with Crippen LogP contribution in [0.1, 0.15) is 31.1 Å². The van der Waals surface area contributed by atoms with E-state index in [1.54, 1.807) is 12.1 Å². The van der Waals surface area contributed by atoms with Gasteiger partial charge in [-0.1, -0.05) is 0 Å². The van der Waals surface area contributed by atoms with Crippen molar-refractivity contribution < 1.29 is 17.9 Å². The standard InChI is InChI=1S/C13H16INO4S/c1-13(2,3)19-7-6-15-12(16)10-5-4-9(14)8-11(10)20(15,17)18/h4-5,8H,6-7H2,1-3H3. The summed E-state index contributed by atoms with van der Waals surface area (Å²) in [5, 5.41) is 0. The quantitative estimate of drug-likeness (QED) is 0.719. The van der Waals surface area contributed by atoms with Gasteiger partial charge in [0.25, 0.3) is 15.9 Å². The van der Waals surface area contributed by atoms with Crippen LogP contribution in [-0.4, -0.2) is 37.4 Å². The Morgan fingerprint density at radius 1 is 1.30 bits per heavy atom. The van der Waals surface area contributed by atoms with Gasteiger partial charge in [0, 0.05) is 3.57 Å². The summed E-state index contributed by atoms with van der Waals surface area (Å²) in [6, 6.07) is 4.80. The van der Waals surface area contributed by atoms with Crippen molar-refractivity contribution in [2.45, 2.75) is 31.3 Å². The number of sulfonamides is 1. The molecular formula is C13H16INO4S. The first-order valence-electron chi connectivity index (χ1n) is 6.13. The Kier molecular flexibility index (Phi) is 4.14. The maximum atomic E-state index is 12.3. The molecule has 0 radical (unpaired) electrons. The van der Waals surface area contributed by atoms with Crippen LogP contribution in [0.25, 0.3) is 0 Å². The SMILES string of the molecule is CC(C)(C)OCCN1C(=O)c2ccc(I)cc2S1(=O)=O. The van der Waals surface area contributed by atoms with E-state index in [4.69, 9.17) is 4.74 Å². The predicted molar refractivity (Wildman–Crippen MR) is 83.1 cm³/mol. The molecule has 0 bridgehead atoms. The molecule has 5 nitrogen and oxygen atoms in total. The number of carbonyl (C=O) groups excluding carboxylic acids is 1. The van der Waals surface area contributed by atoms with Gasteiger partial charge in [-0.15, -0.1) is 0 Å². The third-order valence-corrected chi connectivity index (χ3v) is 5.29. The van der Waals surface area contributed by atoms with Gasteiger partial charge in [0.2, 0.25) is 0 Å². The maximum absolute atomic E-state index is 12.3. The smallest absolute Gasteiger partial charge is 0.269 e. The lowest BCUT2D eigenvalue weighted by atomic mass is 10.2. The summed E-state index contributed by atoms with van der Waals surface area (Å²) in [5.41, 5.74) is -0.129. The molecular weight excluding hydrogens is 393 g/mol. The fraction of sp³-hybridized carbons (Fsp3) is 0.462. The average molecular weight is 409 g/mol. The van der Waals surface area contributed by atoms with Crippen LogP contribution in [0, 0.1) is 3.57 Å². The Balaban J connectivity index is 2.24. The molecule has 2 rings (SSSR count). The molecule has 1 aliphatic heterocycles. The maximum Gasteiger partial charge on any atom is 0.269 e. The van der Waals surface area contributed by atoms with E-state index in [0.29, 0.717) is 0 Å². The van der Waals surface area contributed by atoms with Crippen LogP contribution in [0.3, 0.4) is 0 Å². The number of rotatable bonds is 3. The highest BCUT2D eigenvalue weighted by atomic mass is 127. The van der Waals surface area contributed by atoms with Crippen molar-refractivity contribution in [1.82, 2.24) is 4.31 Å². The number of hydrogen-bond donors (Lipinski definition) is 0. The zero-order valence-corrected chi connectivity index (χ0v) is 14.5. The molecule has 0 saturated carbocycles. The molecule has 7 heteroatoms. The van der Waals surface area contributed by atoms with E-state index in [9.17, 15) is 13.2 Å². The second-order valence-electron chi connectivity index (χ2n) is 5.48. The van der Waals surface area contributed by atoms with E-state index < -0.39 is 15.9 Å². The summed E-state index contributed by atoms with van der Waals surface area (Å²) in [6.45, 7) is 5.85. The number of halogens is 1. The summed E-state index contributed by atoms with van der Waals surface area (Å²) in [5.74, 6) is -0.478. The minimum Gasteiger partial charge on any atom is -0.374 e. The molecule has 0 fully saturated rings. The molecule has 0 saturated heterocycles. The van der Waals surface area contributed by atoms with Gasteiger partial charge < -0.3 is 4.74 Å². The third kappa shape index (κ3) is 2.99. The van der Waals surface area contributed by atoms with Crippen LogP contribution >= 0.6 is 22.6 Å². The zero-order chi connectivity index (χ0) is 15.1. The predicted octanol–water partition coefficient (Wildman–Crippen LogP) is 2.25. The highest BCUT2D eigenvalue weighted by molar-refractivity contribution is 14.1. The van der Waals surface area contributed by atoms with Gasteiger partial charge in [-0.25, -0.2) is 12.7 Å². The molecule has 0 unspecified atom stereocenters. The van der Waals surface area contributed by atoms with Crippen LogP contribution in [0.2, 0.25) is 0 Å². The Hall–Kier alpha value is -0.670. The average Bonchev–Trinajstić information content (AvgIpc) is 2.48. The van der Waals surface area contributed by atoms with E-state index in [0.717, 1.165) is 7.88 Å². The van der Waals surface area contributed by atoms with Gasteiger partial charge in [-0.05, 0) is 61.6 Å². The Labute approximate surface area is 132 Å². The largest absolute Gasteiger partial charge is 0.374 e. The molecule has 0 N–H and O–H groups in total. The van der Waals surface area contributed by atoms with Gasteiger partial charge in [-0.3, -0.25) is 4.79 Å². The molecule has 0 atom stereocenters. The lowest BCUT2D eigenvalue weighted by Crippen LogP contribution is -2.35. The number of hydrogen-bond acceptors (Lipinski definition) is 4. The van der Waals surface area contributed by atoms with Gasteiger partial charge >= 0.3 is 0 Å². The van der Waals surface area contributed by atoms with Crippen molar-refractivity contribution in [3.05, 3.63) is 27.3 Å². The van der Waals surface area contributed by atoms with Crippen LogP contribution in [0.4, 0.5) is 0 Å². The first-order valence-corrected chi connectivity index (χ1v) is 8.65. The van der Waals surface area contributed by atoms with Crippen molar-refractivity contribution in [3.8, 4) is 0 Å². The van der Waals surface area contributed by atoms with E-state index >= 15 is 0 Å². The molecule has 1 aromatic carbocycles. The van der Waals surface area contributed by atoms with Crippen molar-refractivity contribution in [2.24, 2.45) is 0 Å². The van der Waals surface area contributed by atoms with Gasteiger partial charge in [0.1, 0.15) is 4.90 Å². The third-order valence-electron chi connectivity index (χ3n) is 2.80. The first-order chi connectivity index (χ1) is 9.13. The molecule has 1 amide bonds. The molecule has 1 heterocycles. The number of benzene rings is 1. The fourth-order valence-electron chi connectivity index (χ4n) is 1.90. The van der Waals surface area contributed by atoms with E-state index in [1.807, 2.05) is 43.4 Å². The van der Waals surface area contributed by atoms with Crippen LogP contribution in [-0.2, 0) is 14.8 Å². The highest BCUT2D eigenvalue weighted by Gasteiger charge is 2.41. The number of ether oxygens (including phenoxy) is 1. The van der Waals surface area contributed by atoms with Gasteiger partial charge in [0.05, 0.1) is 24.3 Å². The van der Waals surface area contributed by atoms with Crippen LogP contribution in [0.15, 0.2) is 23.1 Å². The number of fused-ring (bicyclic) bond motifs is 1.